The normalized spacial score (nSPS) is 19.7. The highest BCUT2D eigenvalue weighted by molar-refractivity contribution is 5.91. The Kier molecular flexibility index (Phi) is 4.63. The molecule has 4 heterocycles. The van der Waals surface area contributed by atoms with Gasteiger partial charge in [-0.3, -0.25) is 4.79 Å². The fraction of sp³-hybridized carbons (Fsp3) is 0.526. The van der Waals surface area contributed by atoms with Crippen LogP contribution in [0.25, 0.3) is 0 Å². The van der Waals surface area contributed by atoms with Crippen LogP contribution in [-0.4, -0.2) is 59.2 Å². The van der Waals surface area contributed by atoms with Crippen LogP contribution in [0.4, 0.5) is 5.95 Å². The lowest BCUT2D eigenvalue weighted by Crippen LogP contribution is -2.58. The Bertz CT molecular complexity index is 737. The number of morpholine rings is 1. The van der Waals surface area contributed by atoms with E-state index in [1.165, 1.54) is 6.26 Å². The maximum Gasteiger partial charge on any atom is 0.289 e. The first-order chi connectivity index (χ1) is 12.7. The molecule has 138 valence electrons. The topological polar surface area (TPSA) is 71.7 Å². The molecule has 0 aliphatic carbocycles. The molecular formula is C19H24N4O3. The van der Waals surface area contributed by atoms with E-state index < -0.39 is 0 Å². The van der Waals surface area contributed by atoms with Gasteiger partial charge in [0, 0.05) is 32.0 Å². The number of piperidine rings is 1. The van der Waals surface area contributed by atoms with Crippen molar-refractivity contribution in [1.82, 2.24) is 14.9 Å². The van der Waals surface area contributed by atoms with E-state index in [0.717, 1.165) is 43.9 Å². The molecule has 2 saturated heterocycles. The van der Waals surface area contributed by atoms with Crippen LogP contribution in [-0.2, 0) is 11.2 Å². The molecule has 7 heteroatoms. The Balaban J connectivity index is 1.40. The van der Waals surface area contributed by atoms with Crippen LogP contribution < -0.4 is 4.90 Å². The highest BCUT2D eigenvalue weighted by Gasteiger charge is 2.41. The third-order valence-corrected chi connectivity index (χ3v) is 5.33. The van der Waals surface area contributed by atoms with E-state index in [2.05, 4.69) is 21.8 Å². The van der Waals surface area contributed by atoms with E-state index in [9.17, 15) is 4.79 Å². The van der Waals surface area contributed by atoms with Gasteiger partial charge in [-0.15, -0.1) is 0 Å². The van der Waals surface area contributed by atoms with Crippen molar-refractivity contribution in [3.63, 3.8) is 0 Å². The molecule has 7 nitrogen and oxygen atoms in total. The SMILES string of the molecule is CCc1cnc(N2CCC3(CC2)CN(C(=O)c2ccco2)CCO3)nc1. The van der Waals surface area contributed by atoms with Gasteiger partial charge in [0.25, 0.3) is 5.91 Å². The van der Waals surface area contributed by atoms with Gasteiger partial charge in [0.15, 0.2) is 5.76 Å². The first-order valence-corrected chi connectivity index (χ1v) is 9.22. The maximum absolute atomic E-state index is 12.6. The summed E-state index contributed by atoms with van der Waals surface area (Å²) in [6.07, 6.45) is 7.98. The van der Waals surface area contributed by atoms with Crippen molar-refractivity contribution in [3.05, 3.63) is 42.1 Å². The number of rotatable bonds is 3. The molecule has 2 aromatic rings. The lowest BCUT2D eigenvalue weighted by Gasteiger charge is -2.47. The maximum atomic E-state index is 12.6. The summed E-state index contributed by atoms with van der Waals surface area (Å²) in [5.74, 6) is 1.11. The Hall–Kier alpha value is -2.41. The summed E-state index contributed by atoms with van der Waals surface area (Å²) < 4.78 is 11.4. The van der Waals surface area contributed by atoms with Gasteiger partial charge in [0.1, 0.15) is 0 Å². The minimum absolute atomic E-state index is 0.0569. The lowest BCUT2D eigenvalue weighted by atomic mass is 9.89. The Morgan fingerprint density at radius 3 is 2.65 bits per heavy atom. The second-order valence-electron chi connectivity index (χ2n) is 6.97. The van der Waals surface area contributed by atoms with Crippen molar-refractivity contribution < 1.29 is 13.9 Å². The molecule has 1 spiro atoms. The molecule has 0 atom stereocenters. The van der Waals surface area contributed by atoms with Gasteiger partial charge in [-0.25, -0.2) is 9.97 Å². The van der Waals surface area contributed by atoms with Crippen molar-refractivity contribution in [1.29, 1.82) is 0 Å². The molecule has 0 saturated carbocycles. The average Bonchev–Trinajstić information content (AvgIpc) is 3.23. The molecule has 1 amide bonds. The number of carbonyl (C=O) groups excluding carboxylic acids is 1. The zero-order valence-corrected chi connectivity index (χ0v) is 15.1. The lowest BCUT2D eigenvalue weighted by molar-refractivity contribution is -0.112. The van der Waals surface area contributed by atoms with Crippen molar-refractivity contribution in [2.24, 2.45) is 0 Å². The minimum atomic E-state index is -0.277. The van der Waals surface area contributed by atoms with Crippen LogP contribution in [0.1, 0.15) is 35.9 Å². The smallest absolute Gasteiger partial charge is 0.289 e. The fourth-order valence-electron chi connectivity index (χ4n) is 3.68. The second kappa shape index (κ2) is 7.07. The molecule has 2 aromatic heterocycles. The number of aryl methyl sites for hydroxylation is 1. The van der Waals surface area contributed by atoms with Gasteiger partial charge in [-0.2, -0.15) is 0 Å². The number of anilines is 1. The third kappa shape index (κ3) is 3.31. The molecule has 0 unspecified atom stereocenters. The summed E-state index contributed by atoms with van der Waals surface area (Å²) in [7, 11) is 0. The average molecular weight is 356 g/mol. The van der Waals surface area contributed by atoms with Gasteiger partial charge < -0.3 is 19.0 Å². The number of ether oxygens (including phenoxy) is 1. The van der Waals surface area contributed by atoms with Crippen molar-refractivity contribution in [3.8, 4) is 0 Å². The minimum Gasteiger partial charge on any atom is -0.459 e. The molecule has 2 aliphatic rings. The Morgan fingerprint density at radius 2 is 2.00 bits per heavy atom. The molecule has 2 aliphatic heterocycles. The number of hydrogen-bond acceptors (Lipinski definition) is 6. The van der Waals surface area contributed by atoms with Crippen molar-refractivity contribution >= 4 is 11.9 Å². The second-order valence-corrected chi connectivity index (χ2v) is 6.97. The first kappa shape index (κ1) is 17.0. The molecular weight excluding hydrogens is 332 g/mol. The van der Waals surface area contributed by atoms with Gasteiger partial charge in [0.2, 0.25) is 5.95 Å². The number of hydrogen-bond donors (Lipinski definition) is 0. The van der Waals surface area contributed by atoms with Crippen LogP contribution in [0.3, 0.4) is 0 Å². The molecule has 26 heavy (non-hydrogen) atoms. The van der Waals surface area contributed by atoms with Crippen molar-refractivity contribution in [2.45, 2.75) is 31.8 Å². The molecule has 0 aromatic carbocycles. The van der Waals surface area contributed by atoms with Crippen LogP contribution in [0, 0.1) is 0 Å². The zero-order chi connectivity index (χ0) is 18.0. The van der Waals surface area contributed by atoms with Crippen LogP contribution in [0.15, 0.2) is 35.2 Å². The highest BCUT2D eigenvalue weighted by atomic mass is 16.5. The van der Waals surface area contributed by atoms with E-state index in [0.29, 0.717) is 25.5 Å². The third-order valence-electron chi connectivity index (χ3n) is 5.33. The van der Waals surface area contributed by atoms with Gasteiger partial charge in [-0.1, -0.05) is 6.92 Å². The van der Waals surface area contributed by atoms with Gasteiger partial charge in [-0.05, 0) is 37.0 Å². The number of carbonyl (C=O) groups is 1. The quantitative estimate of drug-likeness (QED) is 0.839. The Morgan fingerprint density at radius 1 is 1.23 bits per heavy atom. The standard InChI is InChI=1S/C19H24N4O3/c1-2-15-12-20-18(21-13-15)22-7-5-19(6-8-22)14-23(9-11-26-19)17(24)16-4-3-10-25-16/h3-4,10,12-13H,2,5-9,11,14H2,1H3. The van der Waals surface area contributed by atoms with E-state index in [-0.39, 0.29) is 11.5 Å². The molecule has 0 bridgehead atoms. The van der Waals surface area contributed by atoms with E-state index in [1.807, 2.05) is 17.3 Å². The number of nitrogens with zero attached hydrogens (tertiary/aromatic N) is 4. The van der Waals surface area contributed by atoms with Crippen molar-refractivity contribution in [2.75, 3.05) is 37.7 Å². The number of amides is 1. The summed E-state index contributed by atoms with van der Waals surface area (Å²) >= 11 is 0. The molecule has 4 rings (SSSR count). The van der Waals surface area contributed by atoms with E-state index in [1.54, 1.807) is 12.1 Å². The van der Waals surface area contributed by atoms with Crippen LogP contribution >= 0.6 is 0 Å². The van der Waals surface area contributed by atoms with Crippen LogP contribution in [0.5, 0.6) is 0 Å². The van der Waals surface area contributed by atoms with Gasteiger partial charge in [0.05, 0.1) is 25.0 Å². The molecule has 0 radical (unpaired) electrons. The predicted octanol–water partition coefficient (Wildman–Crippen LogP) is 2.14. The highest BCUT2D eigenvalue weighted by Crippen LogP contribution is 2.31. The molecule has 0 N–H and O–H groups in total. The predicted molar refractivity (Wildman–Crippen MR) is 96.2 cm³/mol. The summed E-state index contributed by atoms with van der Waals surface area (Å²) in [6.45, 7) is 5.53. The first-order valence-electron chi connectivity index (χ1n) is 9.22. The fourth-order valence-corrected chi connectivity index (χ4v) is 3.68. The summed E-state index contributed by atoms with van der Waals surface area (Å²) in [6, 6.07) is 3.45. The van der Waals surface area contributed by atoms with E-state index >= 15 is 0 Å². The number of aromatic nitrogens is 2. The summed E-state index contributed by atoms with van der Waals surface area (Å²) in [4.78, 5) is 25.6. The van der Waals surface area contributed by atoms with Crippen LogP contribution in [0.2, 0.25) is 0 Å². The van der Waals surface area contributed by atoms with E-state index in [4.69, 9.17) is 9.15 Å². The summed E-state index contributed by atoms with van der Waals surface area (Å²) in [5.41, 5.74) is 0.866. The Labute approximate surface area is 153 Å². The van der Waals surface area contributed by atoms with Gasteiger partial charge >= 0.3 is 0 Å². The zero-order valence-electron chi connectivity index (χ0n) is 15.1. The number of furan rings is 1. The summed E-state index contributed by atoms with van der Waals surface area (Å²) in [5, 5.41) is 0. The monoisotopic (exact) mass is 356 g/mol. The molecule has 2 fully saturated rings. The largest absolute Gasteiger partial charge is 0.459 e.